The van der Waals surface area contributed by atoms with E-state index >= 15 is 13.6 Å². The van der Waals surface area contributed by atoms with Crippen molar-refractivity contribution in [3.8, 4) is 17.2 Å². The SMILES string of the molecule is Cc1cc(-n2nc3c(c2-n2ccn(-c4ccc(S(=N)(=O)C5CCC5)cc4F)c2=O)[C@H](C)N(C(=O)c2cc4cc(C5CCOCC5)ccc4n2[C@@]2(c4noc(=O)[nH]4)C[C@@H]2C)CC3)cc(C)c1F. The minimum atomic E-state index is -3.23. The minimum absolute atomic E-state index is 0.0100. The van der Waals surface area contributed by atoms with Crippen LogP contribution in [0.4, 0.5) is 8.78 Å². The Kier molecular flexibility index (Phi) is 9.82. The van der Waals surface area contributed by atoms with Gasteiger partial charge in [-0.3, -0.25) is 23.4 Å². The lowest BCUT2D eigenvalue weighted by atomic mass is 9.91. The molecule has 66 heavy (non-hydrogen) atoms. The molecule has 6 heterocycles. The van der Waals surface area contributed by atoms with Gasteiger partial charge in [-0.1, -0.05) is 24.6 Å². The fourth-order valence-corrected chi connectivity index (χ4v) is 12.6. The van der Waals surface area contributed by atoms with Crippen molar-refractivity contribution >= 4 is 26.5 Å². The highest BCUT2D eigenvalue weighted by molar-refractivity contribution is 7.93. The van der Waals surface area contributed by atoms with Gasteiger partial charge >= 0.3 is 11.4 Å². The van der Waals surface area contributed by atoms with E-state index in [0.29, 0.717) is 90.2 Å². The van der Waals surface area contributed by atoms with Gasteiger partial charge in [-0.05, 0) is 130 Å². The van der Waals surface area contributed by atoms with E-state index in [2.05, 4.69) is 22.3 Å². The summed E-state index contributed by atoms with van der Waals surface area (Å²) in [5, 5.41) is 9.73. The molecule has 2 N–H and O–H groups in total. The maximum absolute atomic E-state index is 16.0. The van der Waals surface area contributed by atoms with E-state index in [1.165, 1.54) is 29.1 Å². The normalized spacial score (nSPS) is 22.1. The second-order valence-electron chi connectivity index (χ2n) is 18.5. The van der Waals surface area contributed by atoms with Gasteiger partial charge in [0.05, 0.1) is 37.7 Å². The zero-order valence-electron chi connectivity index (χ0n) is 37.0. The lowest BCUT2D eigenvalue weighted by molar-refractivity contribution is 0.0663. The van der Waals surface area contributed by atoms with Crippen LogP contribution < -0.4 is 11.4 Å². The highest BCUT2D eigenvalue weighted by Crippen LogP contribution is 2.56. The van der Waals surface area contributed by atoms with Crippen molar-refractivity contribution < 1.29 is 27.0 Å². The first kappa shape index (κ1) is 42.2. The Morgan fingerprint density at radius 3 is 2.33 bits per heavy atom. The third-order valence-corrected chi connectivity index (χ3v) is 17.1. The number of nitrogens with zero attached hydrogens (tertiary/aromatic N) is 7. The molecular weight excluding hydrogens is 869 g/mol. The number of aryl methyl sites for hydroxylation is 2. The summed E-state index contributed by atoms with van der Waals surface area (Å²) in [4.78, 5) is 47.2. The van der Waals surface area contributed by atoms with Crippen molar-refractivity contribution in [2.45, 2.75) is 100 Å². The maximum atomic E-state index is 16.0. The van der Waals surface area contributed by atoms with Crippen molar-refractivity contribution in [1.29, 1.82) is 4.78 Å². The molecular formula is C48H49F2N9O6S. The van der Waals surface area contributed by atoms with Crippen molar-refractivity contribution in [3.05, 3.63) is 139 Å². The van der Waals surface area contributed by atoms with Crippen molar-refractivity contribution in [2.75, 3.05) is 19.8 Å². The third-order valence-electron chi connectivity index (χ3n) is 14.7. The van der Waals surface area contributed by atoms with Crippen LogP contribution in [0.5, 0.6) is 0 Å². The second-order valence-corrected chi connectivity index (χ2v) is 20.9. The summed E-state index contributed by atoms with van der Waals surface area (Å²) < 4.78 is 69.9. The Morgan fingerprint density at radius 2 is 1.68 bits per heavy atom. The maximum Gasteiger partial charge on any atom is 0.438 e. The Hall–Kier alpha value is -6.40. The number of benzene rings is 3. The summed E-state index contributed by atoms with van der Waals surface area (Å²) in [7, 11) is -3.23. The van der Waals surface area contributed by atoms with Crippen molar-refractivity contribution in [2.24, 2.45) is 5.92 Å². The van der Waals surface area contributed by atoms with Gasteiger partial charge in [-0.15, -0.1) is 0 Å². The molecule has 2 aliphatic heterocycles. The minimum Gasteiger partial charge on any atom is -0.381 e. The molecule has 3 aromatic carbocycles. The van der Waals surface area contributed by atoms with Gasteiger partial charge in [0.1, 0.15) is 28.7 Å². The standard InChI is InChI=1S/C48H49F2N9O6S/c1-26-20-33(21-27(2)42(26)50)59-43(57-17-16-56(47(57)62)39-11-9-35(24-36(39)49)66(51,63)34-6-5-7-34)41-29(4)55(15-12-37(41)53-59)44(60)40-23-32-22-31(30-13-18-64-19-14-30)8-10-38(32)58(40)48(25-28(48)3)45-52-46(61)65-54-45/h8-11,16-17,20-24,28-30,34,51H,5-7,12-15,18-19,25H2,1-4H3,(H,52,54,61)/t28-,29-,48-,66?/m0/s1. The molecule has 1 saturated heterocycles. The quantitative estimate of drug-likeness (QED) is 0.148. The number of nitrogens with one attached hydrogen (secondary N) is 2. The first-order chi connectivity index (χ1) is 31.7. The van der Waals surface area contributed by atoms with Crippen LogP contribution in [0, 0.1) is 36.2 Å². The van der Waals surface area contributed by atoms with Crippen LogP contribution in [0.2, 0.25) is 0 Å². The Morgan fingerprint density at radius 1 is 0.955 bits per heavy atom. The Balaban J connectivity index is 1.04. The van der Waals surface area contributed by atoms with E-state index in [1.807, 2.05) is 30.5 Å². The third kappa shape index (κ3) is 6.42. The highest BCUT2D eigenvalue weighted by Gasteiger charge is 2.59. The molecule has 0 bridgehead atoms. The van der Waals surface area contributed by atoms with E-state index in [1.54, 1.807) is 35.6 Å². The van der Waals surface area contributed by atoms with E-state index in [9.17, 15) is 13.8 Å². The van der Waals surface area contributed by atoms with E-state index < -0.39 is 38.6 Å². The highest BCUT2D eigenvalue weighted by atomic mass is 32.2. The van der Waals surface area contributed by atoms with Gasteiger partial charge in [0.15, 0.2) is 5.82 Å². The molecule has 0 radical (unpaired) electrons. The topological polar surface area (TPSA) is 179 Å². The number of H-pyrrole nitrogens is 1. The molecule has 1 unspecified atom stereocenters. The van der Waals surface area contributed by atoms with Crippen LogP contribution >= 0.6 is 0 Å². The molecule has 4 atom stereocenters. The van der Waals surface area contributed by atoms with Crippen LogP contribution in [0.3, 0.4) is 0 Å². The molecule has 11 rings (SSSR count). The molecule has 7 aromatic rings. The smallest absolute Gasteiger partial charge is 0.381 e. The van der Waals surface area contributed by atoms with Gasteiger partial charge in [0.2, 0.25) is 0 Å². The summed E-state index contributed by atoms with van der Waals surface area (Å²) in [5.41, 5.74) is 3.22. The predicted octanol–water partition coefficient (Wildman–Crippen LogP) is 7.74. The fraction of sp³-hybridized carbons (Fsp3) is 0.396. The number of aromatic nitrogens is 7. The van der Waals surface area contributed by atoms with Gasteiger partial charge in [-0.2, -0.15) is 5.10 Å². The molecule has 18 heteroatoms. The number of hydrogen-bond acceptors (Lipinski definition) is 9. The summed E-state index contributed by atoms with van der Waals surface area (Å²) in [6.45, 7) is 8.87. The second kappa shape index (κ2) is 15.3. The number of ether oxygens (including phenoxy) is 1. The molecule has 0 spiro atoms. The molecule has 1 amide bonds. The van der Waals surface area contributed by atoms with Crippen molar-refractivity contribution in [3.63, 3.8) is 0 Å². The zero-order valence-corrected chi connectivity index (χ0v) is 37.8. The Labute approximate surface area is 377 Å². The van der Waals surface area contributed by atoms with Gasteiger partial charge in [-0.25, -0.2) is 32.0 Å². The summed E-state index contributed by atoms with van der Waals surface area (Å²) in [6, 6.07) is 14.8. The zero-order chi connectivity index (χ0) is 46.0. The number of imidazole rings is 1. The monoisotopic (exact) mass is 917 g/mol. The number of carbonyl (C=O) groups is 1. The van der Waals surface area contributed by atoms with E-state index in [0.717, 1.165) is 46.4 Å². The van der Waals surface area contributed by atoms with Gasteiger partial charge in [0.25, 0.3) is 5.91 Å². The van der Waals surface area contributed by atoms with E-state index in [-0.39, 0.29) is 40.0 Å². The number of amides is 1. The first-order valence-electron chi connectivity index (χ1n) is 22.5. The van der Waals surface area contributed by atoms with Gasteiger partial charge < -0.3 is 14.2 Å². The molecule has 2 aliphatic carbocycles. The lowest BCUT2D eigenvalue weighted by Crippen LogP contribution is -2.41. The van der Waals surface area contributed by atoms with Crippen LogP contribution in [0.25, 0.3) is 28.1 Å². The number of halogens is 2. The largest absolute Gasteiger partial charge is 0.438 e. The van der Waals surface area contributed by atoms with Gasteiger partial charge in [0, 0.05) is 60.3 Å². The number of carbonyl (C=O) groups excluding carboxylic acids is 1. The molecule has 342 valence electrons. The Bertz CT molecular complexity index is 3350. The molecule has 4 aromatic heterocycles. The first-order valence-corrected chi connectivity index (χ1v) is 24.2. The predicted molar refractivity (Wildman–Crippen MR) is 241 cm³/mol. The average molecular weight is 918 g/mol. The summed E-state index contributed by atoms with van der Waals surface area (Å²) >= 11 is 0. The fourth-order valence-electron chi connectivity index (χ4n) is 10.7. The number of aromatic amines is 1. The molecule has 4 aliphatic rings. The molecule has 15 nitrogen and oxygen atoms in total. The van der Waals surface area contributed by atoms with Crippen LogP contribution in [0.15, 0.2) is 86.0 Å². The average Bonchev–Trinajstić information content (AvgIpc) is 3.77. The number of fused-ring (bicyclic) bond motifs is 2. The lowest BCUT2D eigenvalue weighted by Gasteiger charge is -2.34. The molecule has 3 fully saturated rings. The number of rotatable bonds is 9. The van der Waals surface area contributed by atoms with Crippen molar-refractivity contribution in [1.82, 2.24) is 38.5 Å². The van der Waals surface area contributed by atoms with E-state index in [4.69, 9.17) is 19.1 Å². The molecule has 2 saturated carbocycles. The summed E-state index contributed by atoms with van der Waals surface area (Å²) in [5.74, 6) is -1.20. The van der Waals surface area contributed by atoms with Crippen LogP contribution in [-0.4, -0.2) is 73.6 Å². The number of hydrogen-bond donors (Lipinski definition) is 2. The van der Waals surface area contributed by atoms with Crippen LogP contribution in [0.1, 0.15) is 109 Å². The van der Waals surface area contributed by atoms with Crippen LogP contribution in [-0.2, 0) is 26.4 Å². The summed E-state index contributed by atoms with van der Waals surface area (Å²) in [6.07, 6.45) is 7.80.